The summed E-state index contributed by atoms with van der Waals surface area (Å²) in [7, 11) is 0. The molecule has 1 aromatic heterocycles. The van der Waals surface area contributed by atoms with E-state index >= 15 is 0 Å². The van der Waals surface area contributed by atoms with Crippen molar-refractivity contribution >= 4 is 22.6 Å². The van der Waals surface area contributed by atoms with E-state index in [0.717, 1.165) is 35.0 Å². The maximum atomic E-state index is 6.14. The predicted molar refractivity (Wildman–Crippen MR) is 76.1 cm³/mol. The summed E-state index contributed by atoms with van der Waals surface area (Å²) < 4.78 is 2.47. The van der Waals surface area contributed by atoms with E-state index in [0.29, 0.717) is 11.9 Å². The molecule has 5 rings (SSSR count). The van der Waals surface area contributed by atoms with Crippen LogP contribution in [0.1, 0.15) is 31.1 Å². The normalized spacial score (nSPS) is 38.9. The summed E-state index contributed by atoms with van der Waals surface area (Å²) in [5.74, 6) is 5.44. The highest BCUT2D eigenvalue weighted by Gasteiger charge is 2.66. The van der Waals surface area contributed by atoms with Crippen molar-refractivity contribution in [2.24, 2.45) is 23.7 Å². The van der Waals surface area contributed by atoms with Gasteiger partial charge in [-0.15, -0.1) is 11.6 Å². The molecule has 3 aliphatic carbocycles. The minimum Gasteiger partial charge on any atom is -0.323 e. The molecule has 0 saturated heterocycles. The smallest absolute Gasteiger partial charge is 0.125 e. The molecule has 2 aromatic rings. The maximum Gasteiger partial charge on any atom is 0.125 e. The Morgan fingerprint density at radius 3 is 2.63 bits per heavy atom. The number of benzene rings is 1. The van der Waals surface area contributed by atoms with Crippen LogP contribution in [-0.4, -0.2) is 9.55 Å². The molecule has 1 heterocycles. The number of halogens is 1. The van der Waals surface area contributed by atoms with Crippen LogP contribution in [0.15, 0.2) is 24.3 Å². The Kier molecular flexibility index (Phi) is 2.00. The fourth-order valence-electron chi connectivity index (χ4n) is 5.15. The zero-order chi connectivity index (χ0) is 12.6. The Morgan fingerprint density at radius 2 is 1.89 bits per heavy atom. The van der Waals surface area contributed by atoms with Crippen LogP contribution in [0.2, 0.25) is 0 Å². The second kappa shape index (κ2) is 3.54. The van der Waals surface area contributed by atoms with E-state index in [9.17, 15) is 0 Å². The lowest BCUT2D eigenvalue weighted by molar-refractivity contribution is 0.454. The quantitative estimate of drug-likeness (QED) is 0.756. The first-order valence-electron chi connectivity index (χ1n) is 7.40. The Labute approximate surface area is 117 Å². The van der Waals surface area contributed by atoms with Crippen LogP contribution in [0.25, 0.3) is 11.0 Å². The molecule has 0 radical (unpaired) electrons. The van der Waals surface area contributed by atoms with Crippen LogP contribution in [0.4, 0.5) is 0 Å². The molecule has 3 fully saturated rings. The van der Waals surface area contributed by atoms with Gasteiger partial charge >= 0.3 is 0 Å². The van der Waals surface area contributed by atoms with E-state index < -0.39 is 0 Å². The van der Waals surface area contributed by atoms with Crippen molar-refractivity contribution < 1.29 is 0 Å². The van der Waals surface area contributed by atoms with E-state index in [4.69, 9.17) is 16.6 Å². The van der Waals surface area contributed by atoms with E-state index in [1.807, 2.05) is 0 Å². The van der Waals surface area contributed by atoms with Crippen molar-refractivity contribution in [1.29, 1.82) is 0 Å². The second-order valence-electron chi connectivity index (χ2n) is 6.50. The van der Waals surface area contributed by atoms with Crippen molar-refractivity contribution in [3.63, 3.8) is 0 Å². The highest BCUT2D eigenvalue weighted by Crippen LogP contribution is 2.71. The monoisotopic (exact) mass is 272 g/mol. The lowest BCUT2D eigenvalue weighted by atomic mass is 10.0. The standard InChI is InChI=1S/C16H17ClN2/c17-8-13-18-11-3-1-2-4-12(11)19(13)16-14-9-5-6-10(7-9)15(14)16/h1-4,9-10,14-16H,5-8H2. The van der Waals surface area contributed by atoms with Gasteiger partial charge in [0.05, 0.1) is 16.9 Å². The molecule has 1 aromatic carbocycles. The number of nitrogens with zero attached hydrogens (tertiary/aromatic N) is 2. The van der Waals surface area contributed by atoms with Crippen LogP contribution >= 0.6 is 11.6 Å². The van der Waals surface area contributed by atoms with Gasteiger partial charge in [-0.2, -0.15) is 0 Å². The number of imidazole rings is 1. The van der Waals surface area contributed by atoms with Gasteiger partial charge in [-0.1, -0.05) is 12.1 Å². The zero-order valence-corrected chi connectivity index (χ0v) is 11.6. The van der Waals surface area contributed by atoms with Gasteiger partial charge in [0.1, 0.15) is 5.82 Å². The molecule has 0 N–H and O–H groups in total. The number of fused-ring (bicyclic) bond motifs is 6. The minimum absolute atomic E-state index is 0.528. The van der Waals surface area contributed by atoms with Crippen molar-refractivity contribution in [2.75, 3.05) is 0 Å². The molecule has 0 aliphatic heterocycles. The number of alkyl halides is 1. The van der Waals surface area contributed by atoms with E-state index in [1.54, 1.807) is 0 Å². The molecule has 4 unspecified atom stereocenters. The zero-order valence-electron chi connectivity index (χ0n) is 10.8. The molecule has 2 nitrogen and oxygen atoms in total. The van der Waals surface area contributed by atoms with Gasteiger partial charge in [0.25, 0.3) is 0 Å². The lowest BCUT2D eigenvalue weighted by Crippen LogP contribution is -2.07. The van der Waals surface area contributed by atoms with Crippen LogP contribution in [0, 0.1) is 23.7 Å². The molecule has 0 amide bonds. The van der Waals surface area contributed by atoms with E-state index in [-0.39, 0.29) is 0 Å². The molecule has 3 aliphatic rings. The molecular weight excluding hydrogens is 256 g/mol. The first kappa shape index (κ1) is 10.7. The first-order chi connectivity index (χ1) is 9.38. The molecule has 4 atom stereocenters. The van der Waals surface area contributed by atoms with Crippen molar-refractivity contribution in [3.8, 4) is 0 Å². The summed E-state index contributed by atoms with van der Waals surface area (Å²) in [6.07, 6.45) is 4.42. The third-order valence-electron chi connectivity index (χ3n) is 5.78. The maximum absolute atomic E-state index is 6.14. The molecule has 19 heavy (non-hydrogen) atoms. The van der Waals surface area contributed by atoms with Crippen LogP contribution in [0.3, 0.4) is 0 Å². The topological polar surface area (TPSA) is 17.8 Å². The summed E-state index contributed by atoms with van der Waals surface area (Å²) >= 11 is 6.14. The minimum atomic E-state index is 0.528. The van der Waals surface area contributed by atoms with Crippen LogP contribution in [0.5, 0.6) is 0 Å². The van der Waals surface area contributed by atoms with Gasteiger partial charge in [-0.25, -0.2) is 4.98 Å². The molecule has 98 valence electrons. The third-order valence-corrected chi connectivity index (χ3v) is 6.02. The Balaban J connectivity index is 1.66. The first-order valence-corrected chi connectivity index (χ1v) is 7.93. The number of aromatic nitrogens is 2. The van der Waals surface area contributed by atoms with Gasteiger partial charge in [0.2, 0.25) is 0 Å². The Bertz CT molecular complexity index is 646. The molecule has 3 heteroatoms. The third kappa shape index (κ3) is 1.26. The second-order valence-corrected chi connectivity index (χ2v) is 6.77. The summed E-state index contributed by atoms with van der Waals surface area (Å²) in [4.78, 5) is 4.72. The molecular formula is C16H17ClN2. The summed E-state index contributed by atoms with van der Waals surface area (Å²) in [5, 5.41) is 0. The summed E-state index contributed by atoms with van der Waals surface area (Å²) in [6.45, 7) is 0. The molecule has 2 bridgehead atoms. The average Bonchev–Trinajstić information content (AvgIpc) is 2.83. The number of para-hydroxylation sites is 2. The highest BCUT2D eigenvalue weighted by molar-refractivity contribution is 6.16. The largest absolute Gasteiger partial charge is 0.323 e. The van der Waals surface area contributed by atoms with Crippen molar-refractivity contribution in [1.82, 2.24) is 9.55 Å². The van der Waals surface area contributed by atoms with Crippen LogP contribution < -0.4 is 0 Å². The summed E-state index contributed by atoms with van der Waals surface area (Å²) in [5.41, 5.74) is 2.40. The Morgan fingerprint density at radius 1 is 1.16 bits per heavy atom. The van der Waals surface area contributed by atoms with Gasteiger partial charge in [-0.05, 0) is 55.1 Å². The molecule has 3 saturated carbocycles. The number of rotatable bonds is 2. The van der Waals surface area contributed by atoms with Gasteiger partial charge in [0, 0.05) is 6.04 Å². The summed E-state index contributed by atoms with van der Waals surface area (Å²) in [6, 6.07) is 9.19. The lowest BCUT2D eigenvalue weighted by Gasteiger charge is -2.13. The fourth-order valence-corrected chi connectivity index (χ4v) is 5.33. The number of hydrogen-bond donors (Lipinski definition) is 0. The van der Waals surface area contributed by atoms with Crippen molar-refractivity contribution in [2.45, 2.75) is 31.2 Å². The van der Waals surface area contributed by atoms with Gasteiger partial charge < -0.3 is 4.57 Å². The van der Waals surface area contributed by atoms with Crippen molar-refractivity contribution in [3.05, 3.63) is 30.1 Å². The van der Waals surface area contributed by atoms with Gasteiger partial charge in [-0.3, -0.25) is 0 Å². The fraction of sp³-hybridized carbons (Fsp3) is 0.562. The van der Waals surface area contributed by atoms with E-state index in [2.05, 4.69) is 28.8 Å². The van der Waals surface area contributed by atoms with E-state index in [1.165, 1.54) is 24.8 Å². The molecule has 0 spiro atoms. The Hall–Kier alpha value is -1.02. The SMILES string of the molecule is ClCc1nc2ccccc2n1C1C2C3CCC(C3)C21. The highest BCUT2D eigenvalue weighted by atomic mass is 35.5. The van der Waals surface area contributed by atoms with Gasteiger partial charge in [0.15, 0.2) is 0 Å². The van der Waals surface area contributed by atoms with Crippen LogP contribution in [-0.2, 0) is 5.88 Å². The number of hydrogen-bond acceptors (Lipinski definition) is 1. The average molecular weight is 273 g/mol. The predicted octanol–water partition coefficient (Wildman–Crippen LogP) is 3.99.